The number of aromatic nitrogens is 3. The van der Waals surface area contributed by atoms with Crippen LogP contribution in [0, 0.1) is 17.7 Å². The molecule has 2 aromatic carbocycles. The molecule has 2 aromatic heterocycles. The van der Waals surface area contributed by atoms with E-state index in [1.807, 2.05) is 30.3 Å². The van der Waals surface area contributed by atoms with Crippen molar-refractivity contribution in [2.75, 3.05) is 13.2 Å². The molecule has 1 saturated heterocycles. The van der Waals surface area contributed by atoms with Crippen LogP contribution in [0.1, 0.15) is 69.8 Å². The van der Waals surface area contributed by atoms with E-state index in [0.29, 0.717) is 36.2 Å². The Balaban J connectivity index is 1.48. The Labute approximate surface area is 235 Å². The Morgan fingerprint density at radius 1 is 0.925 bits per heavy atom. The Morgan fingerprint density at radius 3 is 2.45 bits per heavy atom. The van der Waals surface area contributed by atoms with Crippen LogP contribution in [-0.4, -0.2) is 34.0 Å². The molecule has 2 fully saturated rings. The van der Waals surface area contributed by atoms with E-state index in [9.17, 15) is 0 Å². The molecule has 2 aliphatic carbocycles. The fraction of sp³-hybridized carbons (Fsp3) is 0.441. The van der Waals surface area contributed by atoms with Gasteiger partial charge in [0.1, 0.15) is 5.82 Å². The van der Waals surface area contributed by atoms with Gasteiger partial charge in [0.05, 0.1) is 30.1 Å². The number of benzene rings is 2. The van der Waals surface area contributed by atoms with Crippen LogP contribution in [0.4, 0.5) is 4.39 Å². The van der Waals surface area contributed by atoms with Gasteiger partial charge in [-0.1, -0.05) is 58.0 Å². The molecule has 1 saturated carbocycles. The molecule has 0 N–H and O–H groups in total. The normalized spacial score (nSPS) is 25.4. The third-order valence-electron chi connectivity index (χ3n) is 9.84. The Morgan fingerprint density at radius 2 is 1.68 bits per heavy atom. The van der Waals surface area contributed by atoms with E-state index in [0.717, 1.165) is 59.1 Å². The Kier molecular flexibility index (Phi) is 6.06. The first-order valence-corrected chi connectivity index (χ1v) is 14.6. The minimum atomic E-state index is -0.501. The van der Waals surface area contributed by atoms with E-state index < -0.39 is 5.79 Å². The first-order valence-electron chi connectivity index (χ1n) is 14.6. The van der Waals surface area contributed by atoms with Crippen LogP contribution in [-0.2, 0) is 21.3 Å². The van der Waals surface area contributed by atoms with Gasteiger partial charge < -0.3 is 9.47 Å². The van der Waals surface area contributed by atoms with E-state index >= 15 is 4.39 Å². The summed E-state index contributed by atoms with van der Waals surface area (Å²) in [6.07, 6.45) is 3.49. The van der Waals surface area contributed by atoms with Crippen molar-refractivity contribution in [1.82, 2.24) is 15.0 Å². The lowest BCUT2D eigenvalue weighted by molar-refractivity contribution is -0.234. The molecule has 4 aromatic rings. The second-order valence-electron chi connectivity index (χ2n) is 12.3. The molecule has 3 aliphatic rings. The van der Waals surface area contributed by atoms with Crippen LogP contribution in [0.25, 0.3) is 33.5 Å². The predicted octanol–water partition coefficient (Wildman–Crippen LogP) is 7.61. The van der Waals surface area contributed by atoms with E-state index in [-0.39, 0.29) is 23.1 Å². The van der Waals surface area contributed by atoms with Crippen LogP contribution in [0.3, 0.4) is 0 Å². The third-order valence-corrected chi connectivity index (χ3v) is 9.84. The maximum atomic E-state index is 15.4. The zero-order valence-electron chi connectivity index (χ0n) is 23.7. The number of hydrogen-bond acceptors (Lipinski definition) is 5. The highest BCUT2D eigenvalue weighted by Crippen LogP contribution is 2.57. The van der Waals surface area contributed by atoms with E-state index in [2.05, 4.69) is 39.8 Å². The average molecular weight is 538 g/mol. The highest BCUT2D eigenvalue weighted by atomic mass is 19.1. The predicted molar refractivity (Wildman–Crippen MR) is 154 cm³/mol. The summed E-state index contributed by atoms with van der Waals surface area (Å²) in [7, 11) is 0. The largest absolute Gasteiger partial charge is 0.347 e. The second kappa shape index (κ2) is 9.42. The first-order chi connectivity index (χ1) is 19.3. The Bertz CT molecular complexity index is 1610. The van der Waals surface area contributed by atoms with Crippen molar-refractivity contribution in [2.24, 2.45) is 11.8 Å². The molecule has 1 spiro atoms. The SMILES string of the molecule is CC(C)c1cc(-c2nc(-c3ccccc3F)c3c(n2)[C@]2(C)CCC4(OCCO4)[C@H](C)[C@H]2CC3)c2ccccc2n1. The lowest BCUT2D eigenvalue weighted by Gasteiger charge is -2.54. The molecular weight excluding hydrogens is 501 g/mol. The molecule has 0 unspecified atom stereocenters. The van der Waals surface area contributed by atoms with Crippen LogP contribution in [0.15, 0.2) is 54.6 Å². The van der Waals surface area contributed by atoms with Crippen LogP contribution in [0.2, 0.25) is 0 Å². The summed E-state index contributed by atoms with van der Waals surface area (Å²) in [4.78, 5) is 15.5. The summed E-state index contributed by atoms with van der Waals surface area (Å²) >= 11 is 0. The number of rotatable bonds is 3. The summed E-state index contributed by atoms with van der Waals surface area (Å²) in [5.74, 6) is 0.693. The maximum Gasteiger partial charge on any atom is 0.171 e. The summed E-state index contributed by atoms with van der Waals surface area (Å²) in [6.45, 7) is 10.2. The van der Waals surface area contributed by atoms with E-state index in [1.165, 1.54) is 6.07 Å². The minimum absolute atomic E-state index is 0.199. The van der Waals surface area contributed by atoms with Crippen molar-refractivity contribution in [3.63, 3.8) is 0 Å². The third kappa shape index (κ3) is 3.83. The fourth-order valence-electron chi connectivity index (χ4n) is 7.61. The van der Waals surface area contributed by atoms with Gasteiger partial charge in [0.15, 0.2) is 11.6 Å². The van der Waals surface area contributed by atoms with Gasteiger partial charge in [0, 0.05) is 45.5 Å². The fourth-order valence-corrected chi connectivity index (χ4v) is 7.61. The molecular formula is C34H36FN3O2. The number of para-hydroxylation sites is 1. The zero-order chi connectivity index (χ0) is 27.6. The number of pyridine rings is 1. The molecule has 6 heteroatoms. The van der Waals surface area contributed by atoms with Gasteiger partial charge in [-0.2, -0.15) is 0 Å². The van der Waals surface area contributed by atoms with Gasteiger partial charge >= 0.3 is 0 Å². The summed E-state index contributed by atoms with van der Waals surface area (Å²) in [5, 5.41) is 1.01. The summed E-state index contributed by atoms with van der Waals surface area (Å²) < 4.78 is 27.9. The van der Waals surface area contributed by atoms with E-state index in [4.69, 9.17) is 24.4 Å². The molecule has 40 heavy (non-hydrogen) atoms. The van der Waals surface area contributed by atoms with Crippen LogP contribution in [0.5, 0.6) is 0 Å². The standard InChI is InChI=1S/C34H36FN3O2/c1-20(2)29-19-25(22-9-6-8-12-28(22)36-29)32-37-30(23-10-5-7-11-27(23)35)24-13-14-26-21(3)34(39-17-18-40-34)16-15-33(26,4)31(24)38-32/h5-12,19-21,26H,13-18H2,1-4H3/t21-,26-,33-/m1/s1. The van der Waals surface area contributed by atoms with E-state index in [1.54, 1.807) is 6.07 Å². The minimum Gasteiger partial charge on any atom is -0.347 e. The number of nitrogens with zero attached hydrogens (tertiary/aromatic N) is 3. The molecule has 3 atom stereocenters. The van der Waals surface area contributed by atoms with Crippen LogP contribution < -0.4 is 0 Å². The monoisotopic (exact) mass is 537 g/mol. The van der Waals surface area contributed by atoms with Crippen molar-refractivity contribution in [3.8, 4) is 22.6 Å². The lowest BCUT2D eigenvalue weighted by Crippen LogP contribution is -2.55. The quantitative estimate of drug-likeness (QED) is 0.269. The summed E-state index contributed by atoms with van der Waals surface area (Å²) in [5.41, 5.74) is 6.05. The number of halogens is 1. The van der Waals surface area contributed by atoms with Crippen LogP contribution >= 0.6 is 0 Å². The number of hydrogen-bond donors (Lipinski definition) is 0. The molecule has 5 nitrogen and oxygen atoms in total. The highest BCUT2D eigenvalue weighted by molar-refractivity contribution is 5.93. The topological polar surface area (TPSA) is 57.1 Å². The molecule has 1 aliphatic heterocycles. The zero-order valence-corrected chi connectivity index (χ0v) is 23.7. The van der Waals surface area contributed by atoms with Gasteiger partial charge in [-0.25, -0.2) is 14.4 Å². The van der Waals surface area contributed by atoms with Gasteiger partial charge in [0.2, 0.25) is 0 Å². The Hall–Kier alpha value is -3.22. The first kappa shape index (κ1) is 25.7. The highest BCUT2D eigenvalue weighted by Gasteiger charge is 2.58. The molecule has 0 bridgehead atoms. The summed E-state index contributed by atoms with van der Waals surface area (Å²) in [6, 6.07) is 17.3. The lowest BCUT2D eigenvalue weighted by atomic mass is 9.54. The smallest absolute Gasteiger partial charge is 0.171 e. The van der Waals surface area contributed by atoms with Gasteiger partial charge in [-0.3, -0.25) is 4.98 Å². The maximum absolute atomic E-state index is 15.4. The van der Waals surface area contributed by atoms with Gasteiger partial charge in [0.25, 0.3) is 0 Å². The van der Waals surface area contributed by atoms with Crippen molar-refractivity contribution in [2.45, 2.75) is 70.5 Å². The number of ether oxygens (including phenoxy) is 2. The van der Waals surface area contributed by atoms with Crippen molar-refractivity contribution in [1.29, 1.82) is 0 Å². The number of fused-ring (bicyclic) bond motifs is 4. The van der Waals surface area contributed by atoms with Crippen molar-refractivity contribution >= 4 is 10.9 Å². The molecule has 3 heterocycles. The van der Waals surface area contributed by atoms with Crippen molar-refractivity contribution in [3.05, 3.63) is 77.4 Å². The second-order valence-corrected chi connectivity index (χ2v) is 12.3. The molecule has 7 rings (SSSR count). The molecule has 0 amide bonds. The van der Waals surface area contributed by atoms with Crippen molar-refractivity contribution < 1.29 is 13.9 Å². The average Bonchev–Trinajstić information content (AvgIpc) is 3.45. The van der Waals surface area contributed by atoms with Gasteiger partial charge in [-0.05, 0) is 55.4 Å². The molecule has 206 valence electrons. The molecule has 0 radical (unpaired) electrons. The van der Waals surface area contributed by atoms with Gasteiger partial charge in [-0.15, -0.1) is 0 Å².